The van der Waals surface area contributed by atoms with Crippen LogP contribution in [0.3, 0.4) is 0 Å². The molecule has 0 saturated heterocycles. The lowest BCUT2D eigenvalue weighted by Gasteiger charge is -2.09. The van der Waals surface area contributed by atoms with Gasteiger partial charge in [-0.1, -0.05) is 38.1 Å². The van der Waals surface area contributed by atoms with E-state index in [1.54, 1.807) is 18.2 Å². The molecule has 0 unspecified atom stereocenters. The van der Waals surface area contributed by atoms with Crippen LogP contribution in [0.5, 0.6) is 0 Å². The standard InChI is InChI=1S/C19H20FNO3S/c1-13(2)14-7-9-15(10-8-14)21-18(22)11-24-19(23)12-25-17-6-4-3-5-16(17)20/h3-10,13H,11-12H2,1-2H3,(H,21,22). The van der Waals surface area contributed by atoms with Crippen LogP contribution in [0.15, 0.2) is 53.4 Å². The van der Waals surface area contributed by atoms with Gasteiger partial charge in [0.05, 0.1) is 5.75 Å². The molecule has 0 aromatic heterocycles. The summed E-state index contributed by atoms with van der Waals surface area (Å²) in [6, 6.07) is 13.7. The van der Waals surface area contributed by atoms with E-state index < -0.39 is 11.9 Å². The first-order chi connectivity index (χ1) is 12.0. The minimum Gasteiger partial charge on any atom is -0.455 e. The van der Waals surface area contributed by atoms with E-state index in [-0.39, 0.29) is 18.2 Å². The Bertz CT molecular complexity index is 732. The largest absolute Gasteiger partial charge is 0.455 e. The molecule has 1 N–H and O–H groups in total. The average molecular weight is 361 g/mol. The highest BCUT2D eigenvalue weighted by atomic mass is 32.2. The molecule has 0 aliphatic heterocycles. The first-order valence-corrected chi connectivity index (χ1v) is 8.87. The maximum Gasteiger partial charge on any atom is 0.316 e. The van der Waals surface area contributed by atoms with Gasteiger partial charge in [0.1, 0.15) is 5.82 Å². The molecule has 0 atom stereocenters. The average Bonchev–Trinajstić information content (AvgIpc) is 2.59. The second kappa shape index (κ2) is 9.22. The Labute approximate surface area is 150 Å². The Morgan fingerprint density at radius 2 is 1.80 bits per heavy atom. The number of esters is 1. The third-order valence-corrected chi connectivity index (χ3v) is 4.43. The Kier molecular flexibility index (Phi) is 7.01. The molecule has 4 nitrogen and oxygen atoms in total. The van der Waals surface area contributed by atoms with E-state index in [0.29, 0.717) is 16.5 Å². The number of ether oxygens (including phenoxy) is 1. The molecule has 0 saturated carbocycles. The van der Waals surface area contributed by atoms with Crippen LogP contribution in [0.4, 0.5) is 10.1 Å². The van der Waals surface area contributed by atoms with E-state index in [9.17, 15) is 14.0 Å². The predicted octanol–water partition coefficient (Wildman–Crippen LogP) is 4.22. The SMILES string of the molecule is CC(C)c1ccc(NC(=O)COC(=O)CSc2ccccc2F)cc1. The number of benzene rings is 2. The van der Waals surface area contributed by atoms with Gasteiger partial charge in [0.2, 0.25) is 0 Å². The molecular weight excluding hydrogens is 341 g/mol. The Morgan fingerprint density at radius 1 is 1.12 bits per heavy atom. The Balaban J connectivity index is 1.74. The van der Waals surface area contributed by atoms with Crippen molar-refractivity contribution >= 4 is 29.3 Å². The van der Waals surface area contributed by atoms with Crippen LogP contribution in [0.25, 0.3) is 0 Å². The summed E-state index contributed by atoms with van der Waals surface area (Å²) in [5.74, 6) is -1.02. The van der Waals surface area contributed by atoms with Gasteiger partial charge in [-0.05, 0) is 35.7 Å². The van der Waals surface area contributed by atoms with Gasteiger partial charge in [0.15, 0.2) is 6.61 Å². The second-order valence-electron chi connectivity index (χ2n) is 5.70. The third-order valence-electron chi connectivity index (χ3n) is 3.41. The van der Waals surface area contributed by atoms with Crippen LogP contribution >= 0.6 is 11.8 Å². The summed E-state index contributed by atoms with van der Waals surface area (Å²) in [6.45, 7) is 3.81. The summed E-state index contributed by atoms with van der Waals surface area (Å²) >= 11 is 1.03. The first-order valence-electron chi connectivity index (χ1n) is 7.88. The van der Waals surface area contributed by atoms with E-state index in [4.69, 9.17) is 4.74 Å². The number of hydrogen-bond acceptors (Lipinski definition) is 4. The molecule has 132 valence electrons. The van der Waals surface area contributed by atoms with Crippen LogP contribution in [0, 0.1) is 5.82 Å². The number of thioether (sulfide) groups is 1. The smallest absolute Gasteiger partial charge is 0.316 e. The summed E-state index contributed by atoms with van der Waals surface area (Å²) in [6.07, 6.45) is 0. The molecule has 0 aliphatic rings. The number of rotatable bonds is 7. The van der Waals surface area contributed by atoms with Crippen LogP contribution in [0.2, 0.25) is 0 Å². The number of nitrogens with one attached hydrogen (secondary N) is 1. The van der Waals surface area contributed by atoms with Crippen LogP contribution in [-0.4, -0.2) is 24.2 Å². The van der Waals surface area contributed by atoms with Crippen molar-refractivity contribution in [3.8, 4) is 0 Å². The molecular formula is C19H20FNO3S. The lowest BCUT2D eigenvalue weighted by atomic mass is 10.0. The quantitative estimate of drug-likeness (QED) is 0.592. The zero-order valence-electron chi connectivity index (χ0n) is 14.1. The molecule has 0 aliphatic carbocycles. The van der Waals surface area contributed by atoms with Crippen molar-refractivity contribution < 1.29 is 18.7 Å². The number of anilines is 1. The van der Waals surface area contributed by atoms with E-state index >= 15 is 0 Å². The van der Waals surface area contributed by atoms with Gasteiger partial charge < -0.3 is 10.1 Å². The molecule has 0 spiro atoms. The normalized spacial score (nSPS) is 10.6. The third kappa shape index (κ3) is 6.23. The summed E-state index contributed by atoms with van der Waals surface area (Å²) in [5.41, 5.74) is 1.82. The highest BCUT2D eigenvalue weighted by molar-refractivity contribution is 8.00. The number of carbonyl (C=O) groups is 2. The highest BCUT2D eigenvalue weighted by Crippen LogP contribution is 2.21. The molecule has 0 heterocycles. The highest BCUT2D eigenvalue weighted by Gasteiger charge is 2.10. The molecule has 0 radical (unpaired) electrons. The van der Waals surface area contributed by atoms with E-state index in [0.717, 1.165) is 11.8 Å². The van der Waals surface area contributed by atoms with Crippen molar-refractivity contribution in [2.24, 2.45) is 0 Å². The van der Waals surface area contributed by atoms with Crippen molar-refractivity contribution in [3.63, 3.8) is 0 Å². The maximum absolute atomic E-state index is 13.4. The van der Waals surface area contributed by atoms with Crippen LogP contribution < -0.4 is 5.32 Å². The first kappa shape index (κ1) is 19.0. The zero-order chi connectivity index (χ0) is 18.2. The molecule has 25 heavy (non-hydrogen) atoms. The Hall–Kier alpha value is -2.34. The zero-order valence-corrected chi connectivity index (χ0v) is 14.9. The Morgan fingerprint density at radius 3 is 2.44 bits per heavy atom. The summed E-state index contributed by atoms with van der Waals surface area (Å²) in [4.78, 5) is 23.8. The molecule has 0 fully saturated rings. The second-order valence-corrected chi connectivity index (χ2v) is 6.72. The van der Waals surface area contributed by atoms with Gasteiger partial charge in [-0.15, -0.1) is 11.8 Å². The maximum atomic E-state index is 13.4. The number of halogens is 1. The van der Waals surface area contributed by atoms with Crippen molar-refractivity contribution in [2.75, 3.05) is 17.7 Å². The minimum atomic E-state index is -0.571. The van der Waals surface area contributed by atoms with E-state index in [2.05, 4.69) is 19.2 Å². The van der Waals surface area contributed by atoms with E-state index in [1.165, 1.54) is 11.6 Å². The molecule has 2 rings (SSSR count). The minimum absolute atomic E-state index is 0.0582. The topological polar surface area (TPSA) is 55.4 Å². The van der Waals surface area contributed by atoms with Gasteiger partial charge in [-0.25, -0.2) is 4.39 Å². The number of carbonyl (C=O) groups excluding carboxylic acids is 2. The predicted molar refractivity (Wildman–Crippen MR) is 97.2 cm³/mol. The van der Waals surface area contributed by atoms with Crippen LogP contribution in [-0.2, 0) is 14.3 Å². The van der Waals surface area contributed by atoms with Crippen molar-refractivity contribution in [1.29, 1.82) is 0 Å². The van der Waals surface area contributed by atoms with Crippen LogP contribution in [0.1, 0.15) is 25.3 Å². The van der Waals surface area contributed by atoms with Crippen molar-refractivity contribution in [1.82, 2.24) is 0 Å². The number of hydrogen-bond donors (Lipinski definition) is 1. The fourth-order valence-corrected chi connectivity index (χ4v) is 2.77. The number of amides is 1. The van der Waals surface area contributed by atoms with Gasteiger partial charge in [0.25, 0.3) is 5.91 Å². The lowest BCUT2D eigenvalue weighted by Crippen LogP contribution is -2.21. The van der Waals surface area contributed by atoms with Crippen molar-refractivity contribution in [2.45, 2.75) is 24.7 Å². The molecule has 1 amide bonds. The van der Waals surface area contributed by atoms with Gasteiger partial charge >= 0.3 is 5.97 Å². The molecule has 0 bridgehead atoms. The lowest BCUT2D eigenvalue weighted by molar-refractivity contribution is -0.144. The van der Waals surface area contributed by atoms with E-state index in [1.807, 2.05) is 24.3 Å². The van der Waals surface area contributed by atoms with Gasteiger partial charge in [-0.2, -0.15) is 0 Å². The van der Waals surface area contributed by atoms with Gasteiger partial charge in [0, 0.05) is 10.6 Å². The fraction of sp³-hybridized carbons (Fsp3) is 0.263. The van der Waals surface area contributed by atoms with Crippen molar-refractivity contribution in [3.05, 3.63) is 59.9 Å². The molecule has 6 heteroatoms. The summed E-state index contributed by atoms with van der Waals surface area (Å²) in [7, 11) is 0. The molecule has 2 aromatic carbocycles. The molecule has 2 aromatic rings. The summed E-state index contributed by atoms with van der Waals surface area (Å²) in [5, 5.41) is 2.66. The fourth-order valence-electron chi connectivity index (χ4n) is 2.03. The van der Waals surface area contributed by atoms with Gasteiger partial charge in [-0.3, -0.25) is 9.59 Å². The summed E-state index contributed by atoms with van der Waals surface area (Å²) < 4.78 is 18.3. The monoisotopic (exact) mass is 361 g/mol.